The number of benzene rings is 1. The van der Waals surface area contributed by atoms with Gasteiger partial charge in [-0.05, 0) is 63.6 Å². The van der Waals surface area contributed by atoms with Crippen LogP contribution in [0.3, 0.4) is 0 Å². The quantitative estimate of drug-likeness (QED) is 0.704. The molecule has 0 bridgehead atoms. The van der Waals surface area contributed by atoms with Gasteiger partial charge in [0.2, 0.25) is 5.91 Å². The molecule has 1 fully saturated rings. The van der Waals surface area contributed by atoms with Crippen molar-refractivity contribution in [2.45, 2.75) is 46.0 Å². The Balaban J connectivity index is 1.81. The summed E-state index contributed by atoms with van der Waals surface area (Å²) in [6.07, 6.45) is 3.19. The minimum absolute atomic E-state index is 0.0322. The van der Waals surface area contributed by atoms with Crippen LogP contribution in [0.2, 0.25) is 0 Å². The molecule has 1 aliphatic rings. The third-order valence-electron chi connectivity index (χ3n) is 4.77. The number of ether oxygens (including phenoxy) is 2. The molecular weight excluding hydrogens is 334 g/mol. The summed E-state index contributed by atoms with van der Waals surface area (Å²) in [4.78, 5) is 23.2. The lowest BCUT2D eigenvalue weighted by molar-refractivity contribution is -0.144. The van der Waals surface area contributed by atoms with Crippen LogP contribution in [0.25, 0.3) is 0 Å². The van der Waals surface area contributed by atoms with Gasteiger partial charge in [0.25, 0.3) is 0 Å². The Morgan fingerprint density at radius 3 is 2.27 bits per heavy atom. The maximum absolute atomic E-state index is 12.3. The topological polar surface area (TPSA) is 84.9 Å². The first-order valence-electron chi connectivity index (χ1n) is 9.44. The minimum atomic E-state index is -0.746. The van der Waals surface area contributed by atoms with E-state index < -0.39 is 5.97 Å². The van der Waals surface area contributed by atoms with Crippen LogP contribution in [0, 0.1) is 11.8 Å². The molecule has 0 atom stereocenters. The lowest BCUT2D eigenvalue weighted by atomic mass is 9.81. The fraction of sp³-hybridized carbons (Fsp3) is 0.600. The number of aliphatic carboxylic acids is 1. The van der Waals surface area contributed by atoms with Crippen LogP contribution in [-0.2, 0) is 16.0 Å². The number of amides is 1. The van der Waals surface area contributed by atoms with Gasteiger partial charge in [0.1, 0.15) is 0 Å². The summed E-state index contributed by atoms with van der Waals surface area (Å²) in [5.41, 5.74) is 1.08. The maximum atomic E-state index is 12.3. The number of nitrogens with one attached hydrogen (secondary N) is 1. The Labute approximate surface area is 154 Å². The molecule has 144 valence electrons. The highest BCUT2D eigenvalue weighted by atomic mass is 16.5. The molecule has 1 amide bonds. The number of hydrogen-bond donors (Lipinski definition) is 2. The zero-order valence-electron chi connectivity index (χ0n) is 15.6. The highest BCUT2D eigenvalue weighted by molar-refractivity contribution is 5.79. The first kappa shape index (κ1) is 20.1. The fourth-order valence-corrected chi connectivity index (χ4v) is 3.33. The molecule has 2 rings (SSSR count). The molecule has 1 aliphatic carbocycles. The average molecular weight is 363 g/mol. The maximum Gasteiger partial charge on any atom is 0.306 e. The van der Waals surface area contributed by atoms with Crippen LogP contribution >= 0.6 is 0 Å². The van der Waals surface area contributed by atoms with E-state index in [9.17, 15) is 9.59 Å². The van der Waals surface area contributed by atoms with E-state index in [4.69, 9.17) is 14.6 Å². The van der Waals surface area contributed by atoms with E-state index in [1.807, 2.05) is 32.0 Å². The molecule has 0 unspecified atom stereocenters. The van der Waals surface area contributed by atoms with Crippen LogP contribution in [0.4, 0.5) is 0 Å². The van der Waals surface area contributed by atoms with Crippen LogP contribution in [0.15, 0.2) is 18.2 Å². The fourth-order valence-electron chi connectivity index (χ4n) is 3.33. The summed E-state index contributed by atoms with van der Waals surface area (Å²) in [5, 5.41) is 12.0. The zero-order chi connectivity index (χ0) is 18.9. The first-order valence-corrected chi connectivity index (χ1v) is 9.44. The molecule has 0 spiro atoms. The Kier molecular flexibility index (Phi) is 7.75. The van der Waals surface area contributed by atoms with Gasteiger partial charge in [0, 0.05) is 12.5 Å². The molecule has 26 heavy (non-hydrogen) atoms. The smallest absolute Gasteiger partial charge is 0.306 e. The van der Waals surface area contributed by atoms with Gasteiger partial charge in [-0.2, -0.15) is 0 Å². The van der Waals surface area contributed by atoms with Gasteiger partial charge in [-0.1, -0.05) is 6.07 Å². The molecular formula is C20H29NO5. The van der Waals surface area contributed by atoms with Crippen molar-refractivity contribution in [3.05, 3.63) is 23.8 Å². The second-order valence-electron chi connectivity index (χ2n) is 6.57. The third-order valence-corrected chi connectivity index (χ3v) is 4.77. The SMILES string of the molecule is CCOc1ccc(CCNC(=O)C2CCC(C(=O)O)CC2)cc1OCC. The predicted octanol–water partition coefficient (Wildman–Crippen LogP) is 3.03. The van der Waals surface area contributed by atoms with E-state index in [-0.39, 0.29) is 17.7 Å². The Hall–Kier alpha value is -2.24. The molecule has 0 aromatic heterocycles. The lowest BCUT2D eigenvalue weighted by Gasteiger charge is -2.25. The van der Waals surface area contributed by atoms with Crippen LogP contribution < -0.4 is 14.8 Å². The molecule has 2 N–H and O–H groups in total. The number of hydrogen-bond acceptors (Lipinski definition) is 4. The largest absolute Gasteiger partial charge is 0.490 e. The van der Waals surface area contributed by atoms with Crippen LogP contribution in [0.1, 0.15) is 45.1 Å². The lowest BCUT2D eigenvalue weighted by Crippen LogP contribution is -2.35. The van der Waals surface area contributed by atoms with E-state index >= 15 is 0 Å². The van der Waals surface area contributed by atoms with Crippen LogP contribution in [-0.4, -0.2) is 36.7 Å². The molecule has 6 heteroatoms. The van der Waals surface area contributed by atoms with E-state index in [1.165, 1.54) is 0 Å². The van der Waals surface area contributed by atoms with Crippen molar-refractivity contribution in [1.29, 1.82) is 0 Å². The molecule has 1 aromatic carbocycles. The summed E-state index contributed by atoms with van der Waals surface area (Å²) in [5.74, 6) is 0.390. The number of carbonyl (C=O) groups is 2. The van der Waals surface area contributed by atoms with Gasteiger partial charge in [0.05, 0.1) is 19.1 Å². The summed E-state index contributed by atoms with van der Waals surface area (Å²) < 4.78 is 11.2. The van der Waals surface area contributed by atoms with Gasteiger partial charge in [-0.15, -0.1) is 0 Å². The average Bonchev–Trinajstić information content (AvgIpc) is 2.64. The molecule has 0 heterocycles. The van der Waals surface area contributed by atoms with Gasteiger partial charge in [-0.3, -0.25) is 9.59 Å². The van der Waals surface area contributed by atoms with E-state index in [0.29, 0.717) is 51.9 Å². The second-order valence-corrected chi connectivity index (χ2v) is 6.57. The number of rotatable bonds is 9. The van der Waals surface area contributed by atoms with Crippen molar-refractivity contribution in [1.82, 2.24) is 5.32 Å². The highest BCUT2D eigenvalue weighted by Crippen LogP contribution is 2.30. The Morgan fingerprint density at radius 2 is 1.65 bits per heavy atom. The molecule has 0 aliphatic heterocycles. The first-order chi connectivity index (χ1) is 12.5. The number of carboxylic acids is 1. The molecule has 1 saturated carbocycles. The van der Waals surface area contributed by atoms with Crippen molar-refractivity contribution in [2.24, 2.45) is 11.8 Å². The Bertz CT molecular complexity index is 608. The van der Waals surface area contributed by atoms with Crippen molar-refractivity contribution in [2.75, 3.05) is 19.8 Å². The molecule has 0 saturated heterocycles. The van der Waals surface area contributed by atoms with Gasteiger partial charge < -0.3 is 19.9 Å². The predicted molar refractivity (Wildman–Crippen MR) is 98.6 cm³/mol. The normalized spacial score (nSPS) is 19.6. The standard InChI is InChI=1S/C20H29NO5/c1-3-25-17-10-5-14(13-18(17)26-4-2)11-12-21-19(22)15-6-8-16(9-7-15)20(23)24/h5,10,13,15-16H,3-4,6-9,11-12H2,1-2H3,(H,21,22)(H,23,24). The summed E-state index contributed by atoms with van der Waals surface area (Å²) in [6.45, 7) is 5.57. The van der Waals surface area contributed by atoms with Crippen molar-refractivity contribution in [3.63, 3.8) is 0 Å². The van der Waals surface area contributed by atoms with Crippen LogP contribution in [0.5, 0.6) is 11.5 Å². The van der Waals surface area contributed by atoms with E-state index in [1.54, 1.807) is 0 Å². The van der Waals surface area contributed by atoms with E-state index in [0.717, 1.165) is 17.1 Å². The minimum Gasteiger partial charge on any atom is -0.490 e. The zero-order valence-corrected chi connectivity index (χ0v) is 15.6. The van der Waals surface area contributed by atoms with Gasteiger partial charge in [-0.25, -0.2) is 0 Å². The number of carboxylic acid groups (broad SMARTS) is 1. The van der Waals surface area contributed by atoms with Crippen molar-refractivity contribution >= 4 is 11.9 Å². The summed E-state index contributed by atoms with van der Waals surface area (Å²) >= 11 is 0. The molecule has 6 nitrogen and oxygen atoms in total. The van der Waals surface area contributed by atoms with Gasteiger partial charge >= 0.3 is 5.97 Å². The number of carbonyl (C=O) groups excluding carboxylic acids is 1. The third kappa shape index (κ3) is 5.64. The van der Waals surface area contributed by atoms with Crippen molar-refractivity contribution < 1.29 is 24.2 Å². The van der Waals surface area contributed by atoms with E-state index in [2.05, 4.69) is 5.32 Å². The highest BCUT2D eigenvalue weighted by Gasteiger charge is 2.29. The second kappa shape index (κ2) is 10.0. The molecule has 0 radical (unpaired) electrons. The van der Waals surface area contributed by atoms with Crippen molar-refractivity contribution in [3.8, 4) is 11.5 Å². The monoisotopic (exact) mass is 363 g/mol. The van der Waals surface area contributed by atoms with Gasteiger partial charge in [0.15, 0.2) is 11.5 Å². The Morgan fingerprint density at radius 1 is 1.04 bits per heavy atom. The summed E-state index contributed by atoms with van der Waals surface area (Å²) in [6, 6.07) is 5.84. The molecule has 1 aromatic rings. The summed E-state index contributed by atoms with van der Waals surface area (Å²) in [7, 11) is 0.